The third kappa shape index (κ3) is 6.90. The number of fused-ring (bicyclic) bond motifs is 1. The van der Waals surface area contributed by atoms with Crippen molar-refractivity contribution in [3.8, 4) is 17.2 Å². The summed E-state index contributed by atoms with van der Waals surface area (Å²) in [5.74, 6) is -1.33. The fourth-order valence-electron chi connectivity index (χ4n) is 3.19. The first-order valence-corrected chi connectivity index (χ1v) is 10.5. The van der Waals surface area contributed by atoms with Crippen molar-refractivity contribution in [3.63, 3.8) is 0 Å². The first kappa shape index (κ1) is 23.4. The van der Waals surface area contributed by atoms with Gasteiger partial charge in [-0.2, -0.15) is 0 Å². The van der Waals surface area contributed by atoms with Crippen molar-refractivity contribution in [2.24, 2.45) is 0 Å². The number of hydrogen-bond donors (Lipinski definition) is 0. The van der Waals surface area contributed by atoms with E-state index in [0.717, 1.165) is 19.3 Å². The van der Waals surface area contributed by atoms with E-state index in [1.165, 1.54) is 46.0 Å². The zero-order valence-corrected chi connectivity index (χ0v) is 18.0. The van der Waals surface area contributed by atoms with Gasteiger partial charge in [0.2, 0.25) is 0 Å². The quantitative estimate of drug-likeness (QED) is 0.203. The number of esters is 2. The predicted molar refractivity (Wildman–Crippen MR) is 113 cm³/mol. The molecule has 0 fully saturated rings. The summed E-state index contributed by atoms with van der Waals surface area (Å²) < 4.78 is 21.4. The molecule has 0 saturated heterocycles. The third-order valence-corrected chi connectivity index (χ3v) is 4.55. The number of unbranched alkanes of at least 4 members (excludes halogenated alkanes) is 7. The van der Waals surface area contributed by atoms with Gasteiger partial charge in [0.05, 0.1) is 6.61 Å². The van der Waals surface area contributed by atoms with Gasteiger partial charge in [-0.25, -0.2) is 4.79 Å². The van der Waals surface area contributed by atoms with Crippen LogP contribution in [0.2, 0.25) is 0 Å². The molecule has 0 aliphatic heterocycles. The topological polar surface area (TPSA) is 92.0 Å². The van der Waals surface area contributed by atoms with Gasteiger partial charge in [-0.05, 0) is 18.6 Å². The molecule has 7 heteroatoms. The molecular weight excluding hydrogens is 388 g/mol. The van der Waals surface area contributed by atoms with Crippen molar-refractivity contribution < 1.29 is 28.2 Å². The van der Waals surface area contributed by atoms with Gasteiger partial charge < -0.3 is 18.6 Å². The van der Waals surface area contributed by atoms with Crippen LogP contribution in [0.4, 0.5) is 0 Å². The highest BCUT2D eigenvalue weighted by Crippen LogP contribution is 2.39. The van der Waals surface area contributed by atoms with Crippen LogP contribution in [0.5, 0.6) is 17.2 Å². The zero-order chi connectivity index (χ0) is 21.9. The maximum absolute atomic E-state index is 12.4. The average molecular weight is 418 g/mol. The SMILES string of the molecule is CCCCCCCCCCOc1c(OC(C)=O)c(=O)oc2cccc(OC(C)=O)c12. The first-order valence-electron chi connectivity index (χ1n) is 10.5. The lowest BCUT2D eigenvalue weighted by atomic mass is 10.1. The second-order valence-corrected chi connectivity index (χ2v) is 7.19. The van der Waals surface area contributed by atoms with Crippen molar-refractivity contribution in [2.75, 3.05) is 6.61 Å². The summed E-state index contributed by atoms with van der Waals surface area (Å²) in [5.41, 5.74) is -0.649. The number of ether oxygens (including phenoxy) is 3. The molecule has 0 radical (unpaired) electrons. The van der Waals surface area contributed by atoms with Crippen LogP contribution in [-0.2, 0) is 9.59 Å². The molecule has 0 aliphatic carbocycles. The summed E-state index contributed by atoms with van der Waals surface area (Å²) in [5, 5.41) is 0.281. The van der Waals surface area contributed by atoms with E-state index in [2.05, 4.69) is 6.92 Å². The Morgan fingerprint density at radius 3 is 2.13 bits per heavy atom. The average Bonchev–Trinajstić information content (AvgIpc) is 2.68. The third-order valence-electron chi connectivity index (χ3n) is 4.55. The molecule has 0 unspecified atom stereocenters. The summed E-state index contributed by atoms with van der Waals surface area (Å²) >= 11 is 0. The fraction of sp³-hybridized carbons (Fsp3) is 0.522. The van der Waals surface area contributed by atoms with E-state index < -0.39 is 17.6 Å². The van der Waals surface area contributed by atoms with Gasteiger partial charge >= 0.3 is 17.6 Å². The van der Waals surface area contributed by atoms with Crippen LogP contribution in [0, 0.1) is 0 Å². The van der Waals surface area contributed by atoms with Crippen LogP contribution in [0.25, 0.3) is 11.0 Å². The van der Waals surface area contributed by atoms with Crippen molar-refractivity contribution in [3.05, 3.63) is 28.6 Å². The second-order valence-electron chi connectivity index (χ2n) is 7.19. The number of rotatable bonds is 12. The van der Waals surface area contributed by atoms with E-state index in [1.54, 1.807) is 18.2 Å². The van der Waals surface area contributed by atoms with Crippen molar-refractivity contribution in [2.45, 2.75) is 72.1 Å². The maximum Gasteiger partial charge on any atom is 0.383 e. The van der Waals surface area contributed by atoms with Gasteiger partial charge in [0.15, 0.2) is 5.75 Å². The highest BCUT2D eigenvalue weighted by atomic mass is 16.6. The zero-order valence-electron chi connectivity index (χ0n) is 18.0. The summed E-state index contributed by atoms with van der Waals surface area (Å²) in [6.45, 7) is 4.98. The normalized spacial score (nSPS) is 10.8. The molecule has 0 N–H and O–H groups in total. The van der Waals surface area contributed by atoms with E-state index in [9.17, 15) is 14.4 Å². The van der Waals surface area contributed by atoms with Gasteiger partial charge in [0, 0.05) is 13.8 Å². The van der Waals surface area contributed by atoms with E-state index in [0.29, 0.717) is 6.61 Å². The van der Waals surface area contributed by atoms with Gasteiger partial charge in [-0.3, -0.25) is 9.59 Å². The standard InChI is InChI=1S/C23H30O7/c1-4-5-6-7-8-9-10-11-15-27-21-20-18(28-16(2)24)13-12-14-19(20)30-23(26)22(21)29-17(3)25/h12-14H,4-11,15H2,1-3H3. The summed E-state index contributed by atoms with van der Waals surface area (Å²) in [7, 11) is 0. The molecule has 1 heterocycles. The van der Waals surface area contributed by atoms with Crippen LogP contribution in [0.1, 0.15) is 72.1 Å². The van der Waals surface area contributed by atoms with Crippen molar-refractivity contribution in [1.29, 1.82) is 0 Å². The molecule has 1 aromatic heterocycles. The fourth-order valence-corrected chi connectivity index (χ4v) is 3.19. The van der Waals surface area contributed by atoms with Gasteiger partial charge in [0.1, 0.15) is 16.7 Å². The minimum Gasteiger partial charge on any atom is -0.489 e. The molecule has 0 spiro atoms. The Balaban J connectivity index is 2.19. The number of hydrogen-bond acceptors (Lipinski definition) is 7. The lowest BCUT2D eigenvalue weighted by Gasteiger charge is -2.14. The number of carbonyl (C=O) groups is 2. The highest BCUT2D eigenvalue weighted by Gasteiger charge is 2.23. The van der Waals surface area contributed by atoms with Gasteiger partial charge in [0.25, 0.3) is 5.75 Å². The smallest absolute Gasteiger partial charge is 0.383 e. The summed E-state index contributed by atoms with van der Waals surface area (Å²) in [6.07, 6.45) is 9.08. The first-order chi connectivity index (χ1) is 14.4. The second kappa shape index (κ2) is 12.0. The Morgan fingerprint density at radius 1 is 0.867 bits per heavy atom. The summed E-state index contributed by atoms with van der Waals surface area (Å²) in [4.78, 5) is 35.3. The van der Waals surface area contributed by atoms with Crippen LogP contribution >= 0.6 is 0 Å². The summed E-state index contributed by atoms with van der Waals surface area (Å²) in [6, 6.07) is 4.71. The van der Waals surface area contributed by atoms with Crippen LogP contribution in [0.3, 0.4) is 0 Å². The van der Waals surface area contributed by atoms with E-state index in [1.807, 2.05) is 0 Å². The lowest BCUT2D eigenvalue weighted by Crippen LogP contribution is -2.14. The number of benzene rings is 1. The maximum atomic E-state index is 12.4. The highest BCUT2D eigenvalue weighted by molar-refractivity contribution is 5.93. The van der Waals surface area contributed by atoms with E-state index in [-0.39, 0.29) is 28.2 Å². The molecular formula is C23H30O7. The molecule has 1 aromatic carbocycles. The Morgan fingerprint density at radius 2 is 1.50 bits per heavy atom. The van der Waals surface area contributed by atoms with Crippen molar-refractivity contribution >= 4 is 22.9 Å². The Hall–Kier alpha value is -2.83. The monoisotopic (exact) mass is 418 g/mol. The van der Waals surface area contributed by atoms with Crippen LogP contribution in [0.15, 0.2) is 27.4 Å². The van der Waals surface area contributed by atoms with Crippen molar-refractivity contribution in [1.82, 2.24) is 0 Å². The van der Waals surface area contributed by atoms with Crippen LogP contribution < -0.4 is 19.8 Å². The Kier molecular flexibility index (Phi) is 9.38. The van der Waals surface area contributed by atoms with Gasteiger partial charge in [-0.1, -0.05) is 57.9 Å². The van der Waals surface area contributed by atoms with E-state index in [4.69, 9.17) is 18.6 Å². The molecule has 2 rings (SSSR count). The Labute approximate surface area is 176 Å². The largest absolute Gasteiger partial charge is 0.489 e. The minimum atomic E-state index is -0.830. The molecule has 2 aromatic rings. The van der Waals surface area contributed by atoms with Crippen LogP contribution in [-0.4, -0.2) is 18.5 Å². The van der Waals surface area contributed by atoms with E-state index >= 15 is 0 Å². The lowest BCUT2D eigenvalue weighted by molar-refractivity contribution is -0.133. The van der Waals surface area contributed by atoms with Gasteiger partial charge in [-0.15, -0.1) is 0 Å². The minimum absolute atomic E-state index is 0.0521. The molecule has 7 nitrogen and oxygen atoms in total. The number of carbonyl (C=O) groups excluding carboxylic acids is 2. The molecule has 0 aliphatic rings. The molecule has 0 atom stereocenters. The molecule has 0 bridgehead atoms. The molecule has 30 heavy (non-hydrogen) atoms. The predicted octanol–water partition coefficient (Wildman–Crippen LogP) is 5.16. The molecule has 164 valence electrons. The Bertz CT molecular complexity index is 914. The molecule has 0 saturated carbocycles. The molecule has 0 amide bonds.